The summed E-state index contributed by atoms with van der Waals surface area (Å²) in [7, 11) is 1.33. The SMILES string of the molecule is CCCCN(CCCC)C(=O)CSCCC(N)C(=O)OC. The average molecular weight is 318 g/mol. The second kappa shape index (κ2) is 13.0. The average Bonchev–Trinajstić information content (AvgIpc) is 2.50. The summed E-state index contributed by atoms with van der Waals surface area (Å²) in [5, 5.41) is 0. The molecule has 0 aromatic rings. The minimum Gasteiger partial charge on any atom is -0.468 e. The van der Waals surface area contributed by atoms with Crippen LogP contribution in [0.2, 0.25) is 0 Å². The van der Waals surface area contributed by atoms with Crippen LogP contribution in [0.1, 0.15) is 46.0 Å². The molecule has 5 nitrogen and oxygen atoms in total. The van der Waals surface area contributed by atoms with E-state index in [1.54, 1.807) is 0 Å². The molecule has 2 N–H and O–H groups in total. The molecule has 1 unspecified atom stereocenters. The van der Waals surface area contributed by atoms with Crippen LogP contribution < -0.4 is 5.73 Å². The van der Waals surface area contributed by atoms with Crippen molar-refractivity contribution in [2.24, 2.45) is 5.73 Å². The van der Waals surface area contributed by atoms with Crippen molar-refractivity contribution < 1.29 is 14.3 Å². The van der Waals surface area contributed by atoms with E-state index in [1.807, 2.05) is 4.90 Å². The molecule has 0 aromatic heterocycles. The maximum absolute atomic E-state index is 12.2. The first-order valence-corrected chi connectivity index (χ1v) is 8.91. The third-order valence-electron chi connectivity index (χ3n) is 3.22. The van der Waals surface area contributed by atoms with Crippen LogP contribution in [0.3, 0.4) is 0 Å². The van der Waals surface area contributed by atoms with Crippen molar-refractivity contribution in [3.05, 3.63) is 0 Å². The third-order valence-corrected chi connectivity index (χ3v) is 4.19. The van der Waals surface area contributed by atoms with E-state index in [2.05, 4.69) is 18.6 Å². The number of amides is 1. The minimum atomic E-state index is -0.589. The molecule has 0 bridgehead atoms. The van der Waals surface area contributed by atoms with Crippen molar-refractivity contribution in [2.75, 3.05) is 31.7 Å². The molecule has 0 rings (SSSR count). The molecule has 0 radical (unpaired) electrons. The summed E-state index contributed by atoms with van der Waals surface area (Å²) in [6.45, 7) is 5.95. The van der Waals surface area contributed by atoms with Crippen molar-refractivity contribution in [1.82, 2.24) is 4.90 Å². The van der Waals surface area contributed by atoms with Gasteiger partial charge in [0.15, 0.2) is 0 Å². The largest absolute Gasteiger partial charge is 0.468 e. The van der Waals surface area contributed by atoms with Gasteiger partial charge in [0.25, 0.3) is 0 Å². The normalized spacial score (nSPS) is 12.0. The highest BCUT2D eigenvalue weighted by molar-refractivity contribution is 7.99. The summed E-state index contributed by atoms with van der Waals surface area (Å²) >= 11 is 1.53. The van der Waals surface area contributed by atoms with Crippen LogP contribution in [0.15, 0.2) is 0 Å². The van der Waals surface area contributed by atoms with Gasteiger partial charge in [0, 0.05) is 13.1 Å². The summed E-state index contributed by atoms with van der Waals surface area (Å²) in [6, 6.07) is -0.589. The molecule has 0 fully saturated rings. The molecule has 0 saturated carbocycles. The molecule has 0 aromatic carbocycles. The van der Waals surface area contributed by atoms with Gasteiger partial charge in [-0.25, -0.2) is 0 Å². The lowest BCUT2D eigenvalue weighted by molar-refractivity contribution is -0.142. The van der Waals surface area contributed by atoms with Crippen LogP contribution in [0.25, 0.3) is 0 Å². The summed E-state index contributed by atoms with van der Waals surface area (Å²) in [5.41, 5.74) is 5.65. The number of unbranched alkanes of at least 4 members (excludes halogenated alkanes) is 2. The number of carbonyl (C=O) groups excluding carboxylic acids is 2. The number of hydrogen-bond acceptors (Lipinski definition) is 5. The van der Waals surface area contributed by atoms with Gasteiger partial charge < -0.3 is 15.4 Å². The predicted octanol–water partition coefficient (Wildman–Crippen LogP) is 2.04. The summed E-state index contributed by atoms with van der Waals surface area (Å²) in [4.78, 5) is 25.3. The molecular weight excluding hydrogens is 288 g/mol. The number of hydrogen-bond donors (Lipinski definition) is 1. The number of carbonyl (C=O) groups is 2. The van der Waals surface area contributed by atoms with Crippen molar-refractivity contribution >= 4 is 23.6 Å². The van der Waals surface area contributed by atoms with Gasteiger partial charge in [-0.3, -0.25) is 9.59 Å². The van der Waals surface area contributed by atoms with Gasteiger partial charge >= 0.3 is 5.97 Å². The van der Waals surface area contributed by atoms with Crippen LogP contribution in [0.4, 0.5) is 0 Å². The van der Waals surface area contributed by atoms with Crippen LogP contribution in [0, 0.1) is 0 Å². The van der Waals surface area contributed by atoms with E-state index in [0.29, 0.717) is 17.9 Å². The second-order valence-corrected chi connectivity index (χ2v) is 6.16. The number of ether oxygens (including phenoxy) is 1. The zero-order valence-corrected chi connectivity index (χ0v) is 14.4. The molecule has 124 valence electrons. The Morgan fingerprint density at radius 3 is 2.24 bits per heavy atom. The lowest BCUT2D eigenvalue weighted by atomic mass is 10.2. The van der Waals surface area contributed by atoms with Crippen molar-refractivity contribution in [2.45, 2.75) is 52.0 Å². The lowest BCUT2D eigenvalue weighted by Crippen LogP contribution is -2.35. The van der Waals surface area contributed by atoms with E-state index >= 15 is 0 Å². The smallest absolute Gasteiger partial charge is 0.322 e. The Morgan fingerprint density at radius 2 is 1.76 bits per heavy atom. The maximum Gasteiger partial charge on any atom is 0.322 e. The Balaban J connectivity index is 3.98. The molecule has 0 aliphatic carbocycles. The van der Waals surface area contributed by atoms with E-state index in [9.17, 15) is 9.59 Å². The summed E-state index contributed by atoms with van der Waals surface area (Å²) in [6.07, 6.45) is 4.82. The number of nitrogens with zero attached hydrogens (tertiary/aromatic N) is 1. The van der Waals surface area contributed by atoms with Gasteiger partial charge in [-0.2, -0.15) is 11.8 Å². The topological polar surface area (TPSA) is 72.6 Å². The first-order chi connectivity index (χ1) is 10.1. The Labute approximate surface area is 133 Å². The monoisotopic (exact) mass is 318 g/mol. The Hall–Kier alpha value is -0.750. The van der Waals surface area contributed by atoms with Gasteiger partial charge in [0.05, 0.1) is 12.9 Å². The Bertz CT molecular complexity index is 293. The highest BCUT2D eigenvalue weighted by atomic mass is 32.2. The van der Waals surface area contributed by atoms with Crippen LogP contribution in [-0.4, -0.2) is 54.5 Å². The van der Waals surface area contributed by atoms with Crippen LogP contribution >= 0.6 is 11.8 Å². The van der Waals surface area contributed by atoms with E-state index < -0.39 is 12.0 Å². The molecule has 0 heterocycles. The molecule has 0 aliphatic rings. The van der Waals surface area contributed by atoms with E-state index in [0.717, 1.165) is 38.8 Å². The Kier molecular flexibility index (Phi) is 12.5. The summed E-state index contributed by atoms with van der Waals surface area (Å²) in [5.74, 6) is 0.946. The van der Waals surface area contributed by atoms with Crippen LogP contribution in [-0.2, 0) is 14.3 Å². The molecule has 0 spiro atoms. The predicted molar refractivity (Wildman–Crippen MR) is 88.3 cm³/mol. The fourth-order valence-electron chi connectivity index (χ4n) is 1.79. The first-order valence-electron chi connectivity index (χ1n) is 7.75. The van der Waals surface area contributed by atoms with Crippen LogP contribution in [0.5, 0.6) is 0 Å². The maximum atomic E-state index is 12.2. The zero-order valence-electron chi connectivity index (χ0n) is 13.6. The molecule has 6 heteroatoms. The van der Waals surface area contributed by atoms with Gasteiger partial charge in [-0.1, -0.05) is 26.7 Å². The molecule has 0 aliphatic heterocycles. The first kappa shape index (κ1) is 20.2. The lowest BCUT2D eigenvalue weighted by Gasteiger charge is -2.22. The standard InChI is InChI=1S/C15H30N2O3S/c1-4-6-9-17(10-7-5-2)14(18)12-21-11-8-13(16)15(19)20-3/h13H,4-12,16H2,1-3H3. The molecule has 0 saturated heterocycles. The number of rotatable bonds is 12. The fraction of sp³-hybridized carbons (Fsp3) is 0.867. The van der Waals surface area contributed by atoms with E-state index in [1.165, 1.54) is 18.9 Å². The molecular formula is C15H30N2O3S. The second-order valence-electron chi connectivity index (χ2n) is 5.06. The van der Waals surface area contributed by atoms with E-state index in [4.69, 9.17) is 5.73 Å². The Morgan fingerprint density at radius 1 is 1.19 bits per heavy atom. The zero-order chi connectivity index (χ0) is 16.1. The number of thioether (sulfide) groups is 1. The molecule has 1 amide bonds. The van der Waals surface area contributed by atoms with Gasteiger partial charge in [-0.15, -0.1) is 0 Å². The van der Waals surface area contributed by atoms with Crippen molar-refractivity contribution in [1.29, 1.82) is 0 Å². The van der Waals surface area contributed by atoms with E-state index in [-0.39, 0.29) is 5.91 Å². The van der Waals surface area contributed by atoms with Crippen molar-refractivity contribution in [3.63, 3.8) is 0 Å². The fourth-order valence-corrected chi connectivity index (χ4v) is 2.71. The highest BCUT2D eigenvalue weighted by Gasteiger charge is 2.15. The van der Waals surface area contributed by atoms with Gasteiger partial charge in [0.1, 0.15) is 6.04 Å². The van der Waals surface area contributed by atoms with Crippen molar-refractivity contribution in [3.8, 4) is 0 Å². The molecule has 1 atom stereocenters. The van der Waals surface area contributed by atoms with Gasteiger partial charge in [-0.05, 0) is 25.0 Å². The van der Waals surface area contributed by atoms with Gasteiger partial charge in [0.2, 0.25) is 5.91 Å². The highest BCUT2D eigenvalue weighted by Crippen LogP contribution is 2.08. The molecule has 21 heavy (non-hydrogen) atoms. The number of esters is 1. The quantitative estimate of drug-likeness (QED) is 0.440. The summed E-state index contributed by atoms with van der Waals surface area (Å²) < 4.78 is 4.57. The number of nitrogens with two attached hydrogens (primary N) is 1. The third kappa shape index (κ3) is 9.74. The minimum absolute atomic E-state index is 0.188. The number of methoxy groups -OCH3 is 1.